The van der Waals surface area contributed by atoms with E-state index in [1.165, 1.54) is 57.8 Å². The molecule has 0 bridgehead atoms. The third-order valence-electron chi connectivity index (χ3n) is 4.30. The van der Waals surface area contributed by atoms with Crippen molar-refractivity contribution >= 4 is 11.9 Å². The fraction of sp³-hybridized carbons (Fsp3) is 0.889. The molecule has 0 aliphatic carbocycles. The van der Waals surface area contributed by atoms with Gasteiger partial charge in [-0.2, -0.15) is 0 Å². The number of ether oxygens (including phenoxy) is 1. The van der Waals surface area contributed by atoms with E-state index in [0.29, 0.717) is 13.2 Å². The van der Waals surface area contributed by atoms with E-state index in [9.17, 15) is 9.59 Å². The lowest BCUT2D eigenvalue weighted by atomic mass is 10.1. The standard InChI is InChI=1S/C18H33NO3/c1-2-3-4-5-6-7-8-9-10-11-12-13-22-18(21)16-14-17(20)19-15-16/h16H,2-15H2,1H3,(H,19,20). The lowest BCUT2D eigenvalue weighted by Gasteiger charge is -2.08. The largest absolute Gasteiger partial charge is 0.465 e. The SMILES string of the molecule is CCCCCCCCCCCCCOC(=O)C1CNC(=O)C1. The molecule has 22 heavy (non-hydrogen) atoms. The Bertz CT molecular complexity index is 317. The molecule has 0 spiro atoms. The molecule has 0 radical (unpaired) electrons. The van der Waals surface area contributed by atoms with Gasteiger partial charge in [0.25, 0.3) is 0 Å². The van der Waals surface area contributed by atoms with Crippen LogP contribution in [0.1, 0.15) is 84.0 Å². The van der Waals surface area contributed by atoms with Crippen molar-refractivity contribution in [3.8, 4) is 0 Å². The molecular formula is C18H33NO3. The molecule has 0 saturated carbocycles. The van der Waals surface area contributed by atoms with Crippen LogP contribution in [-0.4, -0.2) is 25.0 Å². The first-order valence-corrected chi connectivity index (χ1v) is 9.17. The van der Waals surface area contributed by atoms with Gasteiger partial charge >= 0.3 is 5.97 Å². The summed E-state index contributed by atoms with van der Waals surface area (Å²) in [6.45, 7) is 3.19. The van der Waals surface area contributed by atoms with Gasteiger partial charge in [0.1, 0.15) is 0 Å². The minimum atomic E-state index is -0.264. The Morgan fingerprint density at radius 1 is 1.00 bits per heavy atom. The summed E-state index contributed by atoms with van der Waals surface area (Å²) >= 11 is 0. The van der Waals surface area contributed by atoms with Crippen LogP contribution in [0.2, 0.25) is 0 Å². The highest BCUT2D eigenvalue weighted by Gasteiger charge is 2.28. The molecular weight excluding hydrogens is 278 g/mol. The van der Waals surface area contributed by atoms with Gasteiger partial charge in [-0.15, -0.1) is 0 Å². The molecule has 1 unspecified atom stereocenters. The number of hydrogen-bond acceptors (Lipinski definition) is 3. The molecule has 0 aromatic heterocycles. The second-order valence-corrected chi connectivity index (χ2v) is 6.41. The van der Waals surface area contributed by atoms with Crippen LogP contribution in [0.4, 0.5) is 0 Å². The molecule has 4 heteroatoms. The predicted molar refractivity (Wildman–Crippen MR) is 88.5 cm³/mol. The molecule has 1 aliphatic heterocycles. The van der Waals surface area contributed by atoms with E-state index in [0.717, 1.165) is 12.8 Å². The van der Waals surface area contributed by atoms with E-state index < -0.39 is 0 Å². The van der Waals surface area contributed by atoms with Crippen LogP contribution in [0.15, 0.2) is 0 Å². The quantitative estimate of drug-likeness (QED) is 0.413. The zero-order valence-electron chi connectivity index (χ0n) is 14.2. The normalized spacial score (nSPS) is 17.5. The Morgan fingerprint density at radius 3 is 2.05 bits per heavy atom. The summed E-state index contributed by atoms with van der Waals surface area (Å²) in [6.07, 6.45) is 14.4. The van der Waals surface area contributed by atoms with Crippen molar-refractivity contribution in [2.45, 2.75) is 84.0 Å². The molecule has 1 amide bonds. The highest BCUT2D eigenvalue weighted by molar-refractivity contribution is 5.86. The fourth-order valence-electron chi connectivity index (χ4n) is 2.83. The summed E-state index contributed by atoms with van der Waals surface area (Å²) in [7, 11) is 0. The highest BCUT2D eigenvalue weighted by atomic mass is 16.5. The van der Waals surface area contributed by atoms with Crippen LogP contribution in [0.5, 0.6) is 0 Å². The van der Waals surface area contributed by atoms with E-state index in [1.54, 1.807) is 0 Å². The first kappa shape index (κ1) is 19.0. The summed E-state index contributed by atoms with van der Waals surface area (Å²) in [5, 5.41) is 2.66. The molecule has 1 saturated heterocycles. The maximum atomic E-state index is 11.7. The number of rotatable bonds is 13. The molecule has 128 valence electrons. The first-order valence-electron chi connectivity index (χ1n) is 9.17. The Morgan fingerprint density at radius 2 is 1.55 bits per heavy atom. The van der Waals surface area contributed by atoms with Crippen LogP contribution in [0.3, 0.4) is 0 Å². The summed E-state index contributed by atoms with van der Waals surface area (Å²) < 4.78 is 5.23. The number of esters is 1. The van der Waals surface area contributed by atoms with Gasteiger partial charge in [-0.25, -0.2) is 0 Å². The van der Waals surface area contributed by atoms with E-state index in [4.69, 9.17) is 4.74 Å². The molecule has 1 fully saturated rings. The molecule has 1 heterocycles. The molecule has 4 nitrogen and oxygen atoms in total. The monoisotopic (exact) mass is 311 g/mol. The molecule has 0 aromatic carbocycles. The summed E-state index contributed by atoms with van der Waals surface area (Å²) in [4.78, 5) is 22.7. The van der Waals surface area contributed by atoms with Gasteiger partial charge < -0.3 is 10.1 Å². The summed E-state index contributed by atoms with van der Waals surface area (Å²) in [5.41, 5.74) is 0. The summed E-state index contributed by atoms with van der Waals surface area (Å²) in [6, 6.07) is 0. The van der Waals surface area contributed by atoms with E-state index in [1.807, 2.05) is 0 Å². The smallest absolute Gasteiger partial charge is 0.311 e. The summed E-state index contributed by atoms with van der Waals surface area (Å²) in [5.74, 6) is -0.526. The van der Waals surface area contributed by atoms with Gasteiger partial charge in [-0.05, 0) is 6.42 Å². The fourth-order valence-corrected chi connectivity index (χ4v) is 2.83. The number of carbonyl (C=O) groups is 2. The van der Waals surface area contributed by atoms with Crippen LogP contribution >= 0.6 is 0 Å². The van der Waals surface area contributed by atoms with Crippen LogP contribution in [-0.2, 0) is 14.3 Å². The maximum Gasteiger partial charge on any atom is 0.311 e. The van der Waals surface area contributed by atoms with Crippen molar-refractivity contribution in [1.29, 1.82) is 0 Å². The molecule has 1 aliphatic rings. The predicted octanol–water partition coefficient (Wildman–Crippen LogP) is 3.98. The van der Waals surface area contributed by atoms with E-state index in [-0.39, 0.29) is 24.2 Å². The maximum absolute atomic E-state index is 11.7. The van der Waals surface area contributed by atoms with Crippen molar-refractivity contribution in [2.75, 3.05) is 13.2 Å². The minimum Gasteiger partial charge on any atom is -0.465 e. The zero-order valence-corrected chi connectivity index (χ0v) is 14.2. The molecule has 0 aromatic rings. The highest BCUT2D eigenvalue weighted by Crippen LogP contribution is 2.13. The van der Waals surface area contributed by atoms with Gasteiger partial charge in [-0.3, -0.25) is 9.59 Å². The molecule has 1 N–H and O–H groups in total. The third kappa shape index (κ3) is 9.06. The Hall–Kier alpha value is -1.06. The van der Waals surface area contributed by atoms with Crippen LogP contribution in [0.25, 0.3) is 0 Å². The van der Waals surface area contributed by atoms with Gasteiger partial charge in [0.05, 0.1) is 12.5 Å². The number of carbonyl (C=O) groups excluding carboxylic acids is 2. The number of nitrogens with one attached hydrogen (secondary N) is 1. The number of unbranched alkanes of at least 4 members (excludes halogenated alkanes) is 10. The number of amides is 1. The molecule has 1 atom stereocenters. The zero-order chi connectivity index (χ0) is 16.0. The van der Waals surface area contributed by atoms with Crippen LogP contribution in [0, 0.1) is 5.92 Å². The topological polar surface area (TPSA) is 55.4 Å². The van der Waals surface area contributed by atoms with Crippen molar-refractivity contribution in [3.05, 3.63) is 0 Å². The van der Waals surface area contributed by atoms with Gasteiger partial charge in [0.2, 0.25) is 5.91 Å². The van der Waals surface area contributed by atoms with Crippen LogP contribution < -0.4 is 5.32 Å². The van der Waals surface area contributed by atoms with Gasteiger partial charge in [0.15, 0.2) is 0 Å². The minimum absolute atomic E-state index is 0.0448. The second-order valence-electron chi connectivity index (χ2n) is 6.41. The lowest BCUT2D eigenvalue weighted by Crippen LogP contribution is -2.20. The average Bonchev–Trinajstić information content (AvgIpc) is 2.95. The van der Waals surface area contributed by atoms with E-state index in [2.05, 4.69) is 12.2 Å². The van der Waals surface area contributed by atoms with E-state index >= 15 is 0 Å². The second kappa shape index (κ2) is 12.5. The molecule has 1 rings (SSSR count). The van der Waals surface area contributed by atoms with Gasteiger partial charge in [0, 0.05) is 13.0 Å². The van der Waals surface area contributed by atoms with Gasteiger partial charge in [-0.1, -0.05) is 71.1 Å². The average molecular weight is 311 g/mol. The Kier molecular flexibility index (Phi) is 10.8. The van der Waals surface area contributed by atoms with Crippen molar-refractivity contribution in [1.82, 2.24) is 5.32 Å². The lowest BCUT2D eigenvalue weighted by molar-refractivity contribution is -0.148. The first-order chi connectivity index (χ1) is 10.7. The Balaban J connectivity index is 1.80. The number of hydrogen-bond donors (Lipinski definition) is 1. The Labute approximate surface area is 135 Å². The van der Waals surface area contributed by atoms with Crippen molar-refractivity contribution < 1.29 is 14.3 Å². The van der Waals surface area contributed by atoms with Crippen molar-refractivity contribution in [3.63, 3.8) is 0 Å². The van der Waals surface area contributed by atoms with Crippen molar-refractivity contribution in [2.24, 2.45) is 5.92 Å². The third-order valence-corrected chi connectivity index (χ3v) is 4.30.